The first-order valence-corrected chi connectivity index (χ1v) is 6.70. The minimum Gasteiger partial charge on any atom is -0.327 e. The molecule has 1 aromatic carbocycles. The second-order valence-corrected chi connectivity index (χ2v) is 5.48. The van der Waals surface area contributed by atoms with Gasteiger partial charge in [-0.25, -0.2) is 0 Å². The fourth-order valence-corrected chi connectivity index (χ4v) is 2.48. The van der Waals surface area contributed by atoms with Crippen molar-refractivity contribution >= 4 is 6.08 Å². The highest BCUT2D eigenvalue weighted by molar-refractivity contribution is 5.53. The molecule has 0 saturated heterocycles. The molecule has 1 atom stereocenters. The maximum atomic E-state index is 6.00. The fraction of sp³-hybridized carbons (Fsp3) is 0.500. The van der Waals surface area contributed by atoms with Crippen molar-refractivity contribution in [2.75, 3.05) is 0 Å². The summed E-state index contributed by atoms with van der Waals surface area (Å²) in [5.41, 5.74) is 10.2. The van der Waals surface area contributed by atoms with Crippen LogP contribution in [0.25, 0.3) is 6.08 Å². The molecule has 17 heavy (non-hydrogen) atoms. The molecule has 1 nitrogen and oxygen atoms in total. The van der Waals surface area contributed by atoms with E-state index in [1.807, 2.05) is 0 Å². The lowest BCUT2D eigenvalue weighted by Gasteiger charge is -2.20. The summed E-state index contributed by atoms with van der Waals surface area (Å²) in [7, 11) is 0. The minimum absolute atomic E-state index is 0.380. The van der Waals surface area contributed by atoms with E-state index in [9.17, 15) is 0 Å². The van der Waals surface area contributed by atoms with Crippen LogP contribution in [-0.2, 0) is 0 Å². The second kappa shape index (κ2) is 5.50. The van der Waals surface area contributed by atoms with E-state index in [0.29, 0.717) is 12.0 Å². The zero-order valence-electron chi connectivity index (χ0n) is 10.9. The first kappa shape index (κ1) is 12.4. The minimum atomic E-state index is 0.380. The van der Waals surface area contributed by atoms with E-state index in [1.165, 1.54) is 36.0 Å². The predicted molar refractivity (Wildman–Crippen MR) is 75.0 cm³/mol. The lowest BCUT2D eigenvalue weighted by molar-refractivity contribution is 0.520. The molecule has 0 amide bonds. The summed E-state index contributed by atoms with van der Waals surface area (Å²) in [4.78, 5) is 0. The zero-order valence-corrected chi connectivity index (χ0v) is 10.9. The molecule has 1 fully saturated rings. The number of hydrogen-bond donors (Lipinski definition) is 1. The topological polar surface area (TPSA) is 26.0 Å². The molecule has 0 aliphatic heterocycles. The Bertz CT molecular complexity index is 386. The third-order valence-electron chi connectivity index (χ3n) is 3.57. The fourth-order valence-electron chi connectivity index (χ4n) is 2.48. The van der Waals surface area contributed by atoms with Crippen LogP contribution in [-0.4, -0.2) is 6.04 Å². The van der Waals surface area contributed by atoms with Crippen LogP contribution in [0.2, 0.25) is 0 Å². The summed E-state index contributed by atoms with van der Waals surface area (Å²) in [6.07, 6.45) is 7.05. The van der Waals surface area contributed by atoms with Crippen LogP contribution in [0, 0.1) is 0 Å². The summed E-state index contributed by atoms with van der Waals surface area (Å²) in [6, 6.07) is 9.30. The average molecular weight is 229 g/mol. The van der Waals surface area contributed by atoms with Crippen molar-refractivity contribution < 1.29 is 0 Å². The number of rotatable bonds is 2. The van der Waals surface area contributed by atoms with E-state index in [4.69, 9.17) is 5.73 Å². The zero-order chi connectivity index (χ0) is 12.3. The summed E-state index contributed by atoms with van der Waals surface area (Å²) >= 11 is 0. The molecule has 0 aromatic heterocycles. The maximum absolute atomic E-state index is 6.00. The molecule has 0 bridgehead atoms. The van der Waals surface area contributed by atoms with Gasteiger partial charge in [-0.15, -0.1) is 0 Å². The van der Waals surface area contributed by atoms with Gasteiger partial charge in [0.2, 0.25) is 0 Å². The Morgan fingerprint density at radius 2 is 1.94 bits per heavy atom. The monoisotopic (exact) mass is 229 g/mol. The Labute approximate surface area is 105 Å². The molecular formula is C16H23N. The first-order chi connectivity index (χ1) is 8.15. The van der Waals surface area contributed by atoms with E-state index in [-0.39, 0.29) is 0 Å². The molecule has 1 heteroatoms. The smallest absolute Gasteiger partial charge is 0.00763 e. The number of hydrogen-bond acceptors (Lipinski definition) is 1. The van der Waals surface area contributed by atoms with Gasteiger partial charge in [0, 0.05) is 6.04 Å². The van der Waals surface area contributed by atoms with E-state index in [1.54, 1.807) is 0 Å². The van der Waals surface area contributed by atoms with Crippen molar-refractivity contribution in [3.8, 4) is 0 Å². The van der Waals surface area contributed by atoms with E-state index >= 15 is 0 Å². The molecular weight excluding hydrogens is 206 g/mol. The second-order valence-electron chi connectivity index (χ2n) is 5.48. The van der Waals surface area contributed by atoms with Crippen LogP contribution in [0.4, 0.5) is 0 Å². The summed E-state index contributed by atoms with van der Waals surface area (Å²) < 4.78 is 0. The number of benzene rings is 1. The molecule has 1 saturated carbocycles. The van der Waals surface area contributed by atoms with Gasteiger partial charge in [0.1, 0.15) is 0 Å². The third-order valence-corrected chi connectivity index (χ3v) is 3.57. The summed E-state index contributed by atoms with van der Waals surface area (Å²) in [5.74, 6) is 0.611. The highest BCUT2D eigenvalue weighted by Gasteiger charge is 2.12. The predicted octanol–water partition coefficient (Wildman–Crippen LogP) is 4.09. The van der Waals surface area contributed by atoms with Gasteiger partial charge >= 0.3 is 0 Å². The van der Waals surface area contributed by atoms with Crippen LogP contribution in [0.3, 0.4) is 0 Å². The van der Waals surface area contributed by atoms with Gasteiger partial charge in [-0.1, -0.05) is 49.8 Å². The number of nitrogens with two attached hydrogens (primary N) is 1. The lowest BCUT2D eigenvalue weighted by Crippen LogP contribution is -2.23. The van der Waals surface area contributed by atoms with Crippen LogP contribution in [0.1, 0.15) is 56.6 Å². The summed E-state index contributed by atoms with van der Waals surface area (Å²) in [6.45, 7) is 4.46. The van der Waals surface area contributed by atoms with Gasteiger partial charge in [0.25, 0.3) is 0 Å². The normalized spacial score (nSPS) is 23.3. The highest BCUT2D eigenvalue weighted by atomic mass is 14.6. The van der Waals surface area contributed by atoms with Gasteiger partial charge < -0.3 is 5.73 Å². The Morgan fingerprint density at radius 1 is 1.24 bits per heavy atom. The molecule has 0 radical (unpaired) electrons. The SMILES string of the molecule is CC(C)c1ccc(C=C2CCCC(N)C2)cc1. The Kier molecular flexibility index (Phi) is 4.01. The Hall–Kier alpha value is -1.08. The standard InChI is InChI=1S/C16H23N/c1-12(2)15-8-6-13(7-9-15)10-14-4-3-5-16(17)11-14/h6-10,12,16H,3-5,11,17H2,1-2H3. The maximum Gasteiger partial charge on any atom is 0.00763 e. The van der Waals surface area contributed by atoms with Crippen molar-refractivity contribution in [3.63, 3.8) is 0 Å². The molecule has 92 valence electrons. The van der Waals surface area contributed by atoms with E-state index < -0.39 is 0 Å². The van der Waals surface area contributed by atoms with Crippen molar-refractivity contribution in [3.05, 3.63) is 41.0 Å². The Balaban J connectivity index is 2.09. The van der Waals surface area contributed by atoms with E-state index in [0.717, 1.165) is 6.42 Å². The molecule has 1 aromatic rings. The summed E-state index contributed by atoms with van der Waals surface area (Å²) in [5, 5.41) is 0. The molecule has 0 heterocycles. The van der Waals surface area contributed by atoms with Gasteiger partial charge in [-0.05, 0) is 42.7 Å². The van der Waals surface area contributed by atoms with Gasteiger partial charge in [0.15, 0.2) is 0 Å². The molecule has 0 spiro atoms. The van der Waals surface area contributed by atoms with Gasteiger partial charge in [-0.3, -0.25) is 0 Å². The third kappa shape index (κ3) is 3.44. The van der Waals surface area contributed by atoms with Crippen molar-refractivity contribution in [2.24, 2.45) is 5.73 Å². The van der Waals surface area contributed by atoms with Gasteiger partial charge in [0.05, 0.1) is 0 Å². The quantitative estimate of drug-likeness (QED) is 0.812. The van der Waals surface area contributed by atoms with Crippen molar-refractivity contribution in [1.82, 2.24) is 0 Å². The molecule has 2 N–H and O–H groups in total. The first-order valence-electron chi connectivity index (χ1n) is 6.70. The largest absolute Gasteiger partial charge is 0.327 e. The van der Waals surface area contributed by atoms with Crippen molar-refractivity contribution in [1.29, 1.82) is 0 Å². The van der Waals surface area contributed by atoms with Gasteiger partial charge in [-0.2, -0.15) is 0 Å². The van der Waals surface area contributed by atoms with Crippen molar-refractivity contribution in [2.45, 2.75) is 51.5 Å². The highest BCUT2D eigenvalue weighted by Crippen LogP contribution is 2.25. The Morgan fingerprint density at radius 3 is 2.53 bits per heavy atom. The van der Waals surface area contributed by atoms with Crippen LogP contribution >= 0.6 is 0 Å². The molecule has 2 rings (SSSR count). The average Bonchev–Trinajstić information content (AvgIpc) is 2.29. The molecule has 1 aliphatic carbocycles. The van der Waals surface area contributed by atoms with E-state index in [2.05, 4.69) is 44.2 Å². The van der Waals surface area contributed by atoms with Crippen LogP contribution < -0.4 is 5.73 Å². The van der Waals surface area contributed by atoms with Crippen LogP contribution in [0.15, 0.2) is 29.8 Å². The molecule has 1 unspecified atom stereocenters. The van der Waals surface area contributed by atoms with Crippen LogP contribution in [0.5, 0.6) is 0 Å². The molecule has 1 aliphatic rings. The lowest BCUT2D eigenvalue weighted by atomic mass is 9.90.